The van der Waals surface area contributed by atoms with Gasteiger partial charge in [0.2, 0.25) is 0 Å². The van der Waals surface area contributed by atoms with Crippen molar-refractivity contribution in [2.75, 3.05) is 5.32 Å². The third-order valence-electron chi connectivity index (χ3n) is 4.25. The van der Waals surface area contributed by atoms with Gasteiger partial charge in [-0.25, -0.2) is 4.79 Å². The molecule has 1 atom stereocenters. The van der Waals surface area contributed by atoms with Crippen LogP contribution in [0.2, 0.25) is 5.02 Å². The molecule has 0 saturated heterocycles. The van der Waals surface area contributed by atoms with Crippen molar-refractivity contribution in [1.82, 2.24) is 5.32 Å². The normalized spacial score (nSPS) is 25.5. The maximum absolute atomic E-state index is 12.0. The molecule has 3 nitrogen and oxygen atoms in total. The van der Waals surface area contributed by atoms with E-state index in [9.17, 15) is 4.79 Å². The van der Waals surface area contributed by atoms with Crippen LogP contribution in [0.25, 0.3) is 0 Å². The fourth-order valence-corrected chi connectivity index (χ4v) is 3.35. The van der Waals surface area contributed by atoms with Crippen molar-refractivity contribution in [2.24, 2.45) is 5.92 Å². The third-order valence-corrected chi connectivity index (χ3v) is 4.48. The predicted molar refractivity (Wildman–Crippen MR) is 77.5 cm³/mol. The summed E-state index contributed by atoms with van der Waals surface area (Å²) in [5.74, 6) is 0.558. The van der Waals surface area contributed by atoms with Crippen molar-refractivity contribution in [3.63, 3.8) is 0 Å². The van der Waals surface area contributed by atoms with Crippen molar-refractivity contribution in [3.05, 3.63) is 28.8 Å². The lowest BCUT2D eigenvalue weighted by atomic mass is 9.78. The van der Waals surface area contributed by atoms with Gasteiger partial charge in [-0.3, -0.25) is 0 Å². The van der Waals surface area contributed by atoms with E-state index in [1.54, 1.807) is 0 Å². The Bertz CT molecular complexity index is 513. The number of anilines is 1. The molecule has 1 saturated carbocycles. The Hall–Kier alpha value is -1.22. The van der Waals surface area contributed by atoms with Gasteiger partial charge in [-0.1, -0.05) is 31.4 Å². The minimum atomic E-state index is -0.210. The maximum atomic E-state index is 12.0. The SMILES string of the molecule is CCCCC1(C2CC2)NC(=O)Nc2ccc(Cl)cc21. The molecule has 2 N–H and O–H groups in total. The highest BCUT2D eigenvalue weighted by atomic mass is 35.5. The van der Waals surface area contributed by atoms with E-state index in [0.29, 0.717) is 5.92 Å². The Morgan fingerprint density at radius 2 is 2.21 bits per heavy atom. The average molecular weight is 279 g/mol. The highest BCUT2D eigenvalue weighted by molar-refractivity contribution is 6.30. The molecular weight excluding hydrogens is 260 g/mol. The van der Waals surface area contributed by atoms with Crippen molar-refractivity contribution >= 4 is 23.3 Å². The van der Waals surface area contributed by atoms with E-state index in [1.165, 1.54) is 12.8 Å². The van der Waals surface area contributed by atoms with Crippen LogP contribution in [-0.2, 0) is 5.54 Å². The van der Waals surface area contributed by atoms with Crippen LogP contribution >= 0.6 is 11.6 Å². The molecule has 2 amide bonds. The number of unbranched alkanes of at least 4 members (excludes halogenated alkanes) is 1. The second-order valence-corrected chi connectivity index (χ2v) is 6.05. The Morgan fingerprint density at radius 1 is 1.42 bits per heavy atom. The van der Waals surface area contributed by atoms with Gasteiger partial charge in [0.1, 0.15) is 0 Å². The number of hydrogen-bond acceptors (Lipinski definition) is 1. The molecule has 1 aliphatic carbocycles. The first-order valence-corrected chi connectivity index (χ1v) is 7.42. The lowest BCUT2D eigenvalue weighted by molar-refractivity contribution is 0.216. The van der Waals surface area contributed by atoms with Gasteiger partial charge in [-0.2, -0.15) is 0 Å². The molecule has 1 fully saturated rings. The van der Waals surface area contributed by atoms with E-state index in [-0.39, 0.29) is 11.6 Å². The van der Waals surface area contributed by atoms with E-state index in [1.807, 2.05) is 18.2 Å². The first kappa shape index (κ1) is 12.8. The summed E-state index contributed by atoms with van der Waals surface area (Å²) >= 11 is 6.16. The molecule has 1 aromatic carbocycles. The second kappa shape index (κ2) is 4.71. The number of benzene rings is 1. The van der Waals surface area contributed by atoms with Crippen LogP contribution < -0.4 is 10.6 Å². The summed E-state index contributed by atoms with van der Waals surface area (Å²) in [5, 5.41) is 6.83. The predicted octanol–water partition coefficient (Wildman–Crippen LogP) is 4.27. The number of carbonyl (C=O) groups excluding carboxylic acids is 1. The number of urea groups is 1. The zero-order chi connectivity index (χ0) is 13.5. The lowest BCUT2D eigenvalue weighted by Gasteiger charge is -2.41. The molecule has 4 heteroatoms. The molecule has 1 aliphatic heterocycles. The Kier molecular flexibility index (Phi) is 3.17. The van der Waals surface area contributed by atoms with Crippen molar-refractivity contribution in [1.29, 1.82) is 0 Å². The van der Waals surface area contributed by atoms with Gasteiger partial charge in [-0.15, -0.1) is 0 Å². The molecule has 1 aromatic rings. The number of hydrogen-bond donors (Lipinski definition) is 2. The molecular formula is C15H19ClN2O. The number of fused-ring (bicyclic) bond motifs is 1. The van der Waals surface area contributed by atoms with E-state index in [0.717, 1.165) is 35.5 Å². The van der Waals surface area contributed by atoms with Gasteiger partial charge in [0.05, 0.1) is 5.54 Å². The zero-order valence-electron chi connectivity index (χ0n) is 11.1. The largest absolute Gasteiger partial charge is 0.328 e. The van der Waals surface area contributed by atoms with E-state index >= 15 is 0 Å². The summed E-state index contributed by atoms with van der Waals surface area (Å²) in [5.41, 5.74) is 1.87. The minimum absolute atomic E-state index is 0.0853. The third kappa shape index (κ3) is 2.20. The lowest BCUT2D eigenvalue weighted by Crippen LogP contribution is -2.53. The summed E-state index contributed by atoms with van der Waals surface area (Å²) < 4.78 is 0. The number of nitrogens with one attached hydrogen (secondary N) is 2. The van der Waals surface area contributed by atoms with Crippen LogP contribution in [0.15, 0.2) is 18.2 Å². The van der Waals surface area contributed by atoms with Crippen LogP contribution in [0.4, 0.5) is 10.5 Å². The molecule has 19 heavy (non-hydrogen) atoms. The molecule has 1 unspecified atom stereocenters. The highest BCUT2D eigenvalue weighted by Gasteiger charge is 2.50. The van der Waals surface area contributed by atoms with Crippen LogP contribution in [0, 0.1) is 5.92 Å². The second-order valence-electron chi connectivity index (χ2n) is 5.62. The first-order valence-electron chi connectivity index (χ1n) is 7.05. The summed E-state index contributed by atoms with van der Waals surface area (Å²) in [7, 11) is 0. The van der Waals surface area contributed by atoms with Gasteiger partial charge in [0.25, 0.3) is 0 Å². The summed E-state index contributed by atoms with van der Waals surface area (Å²) in [4.78, 5) is 12.0. The number of halogens is 1. The number of rotatable bonds is 4. The van der Waals surface area contributed by atoms with Gasteiger partial charge in [0, 0.05) is 16.3 Å². The molecule has 3 rings (SSSR count). The molecule has 0 bridgehead atoms. The Morgan fingerprint density at radius 3 is 2.89 bits per heavy atom. The molecule has 2 aliphatic rings. The van der Waals surface area contributed by atoms with Crippen LogP contribution in [-0.4, -0.2) is 6.03 Å². The molecule has 0 spiro atoms. The van der Waals surface area contributed by atoms with Gasteiger partial charge in [-0.05, 0) is 43.4 Å². The van der Waals surface area contributed by atoms with E-state index in [4.69, 9.17) is 11.6 Å². The van der Waals surface area contributed by atoms with Crippen molar-refractivity contribution in [2.45, 2.75) is 44.6 Å². The quantitative estimate of drug-likeness (QED) is 0.848. The Labute approximate surface area is 118 Å². The van der Waals surface area contributed by atoms with Crippen LogP contribution in [0.1, 0.15) is 44.6 Å². The van der Waals surface area contributed by atoms with E-state index < -0.39 is 0 Å². The number of amides is 2. The van der Waals surface area contributed by atoms with Crippen molar-refractivity contribution in [3.8, 4) is 0 Å². The van der Waals surface area contributed by atoms with Crippen LogP contribution in [0.5, 0.6) is 0 Å². The Balaban J connectivity index is 2.07. The standard InChI is InChI=1S/C15H19ClN2O/c1-2-3-8-15(10-4-5-10)12-9-11(16)6-7-13(12)17-14(19)18-15/h6-7,9-10H,2-5,8H2,1H3,(H2,17,18,19). The van der Waals surface area contributed by atoms with Crippen molar-refractivity contribution < 1.29 is 4.79 Å². The fourth-order valence-electron chi connectivity index (χ4n) is 3.17. The fraction of sp³-hybridized carbons (Fsp3) is 0.533. The maximum Gasteiger partial charge on any atom is 0.319 e. The highest BCUT2D eigenvalue weighted by Crippen LogP contribution is 2.52. The topological polar surface area (TPSA) is 41.1 Å². The summed E-state index contributed by atoms with van der Waals surface area (Å²) in [6.07, 6.45) is 5.62. The molecule has 102 valence electrons. The smallest absolute Gasteiger partial charge is 0.319 e. The molecule has 0 radical (unpaired) electrons. The summed E-state index contributed by atoms with van der Waals surface area (Å²) in [6, 6.07) is 5.68. The summed E-state index contributed by atoms with van der Waals surface area (Å²) in [6.45, 7) is 2.18. The zero-order valence-corrected chi connectivity index (χ0v) is 11.9. The van der Waals surface area contributed by atoms with E-state index in [2.05, 4.69) is 17.6 Å². The van der Waals surface area contributed by atoms with Gasteiger partial charge < -0.3 is 10.6 Å². The van der Waals surface area contributed by atoms with Gasteiger partial charge in [0.15, 0.2) is 0 Å². The monoisotopic (exact) mass is 278 g/mol. The average Bonchev–Trinajstić information content (AvgIpc) is 3.21. The van der Waals surface area contributed by atoms with Gasteiger partial charge >= 0.3 is 6.03 Å². The first-order chi connectivity index (χ1) is 9.15. The minimum Gasteiger partial charge on any atom is -0.328 e. The molecule has 1 heterocycles. The number of carbonyl (C=O) groups is 1. The van der Waals surface area contributed by atoms with Crippen LogP contribution in [0.3, 0.4) is 0 Å². The molecule has 0 aromatic heterocycles.